The number of β-amino-alcohol motifs (C(OH)–C–C–N with tert-alkyl or cyclic N) is 1. The van der Waals surface area contributed by atoms with Gasteiger partial charge in [0.25, 0.3) is 0 Å². The van der Waals surface area contributed by atoms with E-state index in [0.29, 0.717) is 29.5 Å². The third kappa shape index (κ3) is 9.73. The number of pyridine rings is 1. The average Bonchev–Trinajstić information content (AvgIpc) is 3.61. The van der Waals surface area contributed by atoms with Gasteiger partial charge < -0.3 is 30.0 Å². The zero-order chi connectivity index (χ0) is 36.7. The number of hydrogen-bond acceptors (Lipinski definition) is 10. The third-order valence-corrected chi connectivity index (χ3v) is 9.26. The Bertz CT molecular complexity index is 1780. The van der Waals surface area contributed by atoms with Crippen LogP contribution in [0.2, 0.25) is 0 Å². The number of carbonyl (C=O) groups excluding carboxylic acids is 2. The van der Waals surface area contributed by atoms with Gasteiger partial charge in [-0.25, -0.2) is 4.98 Å². The summed E-state index contributed by atoms with van der Waals surface area (Å²) in [7, 11) is 0. The number of piperazine rings is 1. The van der Waals surface area contributed by atoms with Crippen molar-refractivity contribution >= 4 is 11.8 Å². The highest BCUT2D eigenvalue weighted by atomic mass is 19.4. The number of aliphatic hydroxyl groups is 2. The molecule has 4 heterocycles. The molecule has 0 unspecified atom stereocenters. The van der Waals surface area contributed by atoms with E-state index in [1.807, 2.05) is 40.5 Å². The fraction of sp³-hybridized carbons (Fsp3) is 0.405. The molecule has 0 spiro atoms. The quantitative estimate of drug-likeness (QED) is 0.162. The van der Waals surface area contributed by atoms with Crippen LogP contribution >= 0.6 is 0 Å². The first-order valence-corrected chi connectivity index (χ1v) is 17.1. The Labute approximate surface area is 298 Å². The van der Waals surface area contributed by atoms with Gasteiger partial charge in [0.2, 0.25) is 17.7 Å². The van der Waals surface area contributed by atoms with Crippen LogP contribution in [0.5, 0.6) is 5.75 Å². The minimum Gasteiger partial charge on any atom is -0.490 e. The van der Waals surface area contributed by atoms with E-state index in [1.54, 1.807) is 59.9 Å². The normalized spacial score (nSPS) is 20.7. The Hall–Kier alpha value is -4.83. The largest absolute Gasteiger partial charge is 0.490 e. The molecule has 276 valence electrons. The van der Waals surface area contributed by atoms with Gasteiger partial charge in [0, 0.05) is 55.6 Å². The van der Waals surface area contributed by atoms with Gasteiger partial charge in [-0.2, -0.15) is 13.2 Å². The molecule has 0 radical (unpaired) electrons. The van der Waals surface area contributed by atoms with Gasteiger partial charge >= 0.3 is 6.18 Å². The zero-order valence-corrected chi connectivity index (χ0v) is 28.3. The number of halogens is 3. The molecule has 1 fully saturated rings. The summed E-state index contributed by atoms with van der Waals surface area (Å²) in [5, 5.41) is 27.2. The zero-order valence-electron chi connectivity index (χ0n) is 28.3. The van der Waals surface area contributed by atoms with Gasteiger partial charge in [0.15, 0.2) is 5.76 Å². The lowest BCUT2D eigenvalue weighted by Crippen LogP contribution is -2.60. The van der Waals surface area contributed by atoms with Gasteiger partial charge in [0.05, 0.1) is 24.9 Å². The Morgan fingerprint density at radius 3 is 2.54 bits per heavy atom. The van der Waals surface area contributed by atoms with Crippen LogP contribution in [0.3, 0.4) is 0 Å². The predicted octanol–water partition coefficient (Wildman–Crippen LogP) is 3.12. The van der Waals surface area contributed by atoms with Crippen molar-refractivity contribution in [2.24, 2.45) is 5.92 Å². The fourth-order valence-corrected chi connectivity index (χ4v) is 6.67. The first-order chi connectivity index (χ1) is 25.0. The van der Waals surface area contributed by atoms with Gasteiger partial charge in [-0.05, 0) is 36.6 Å². The lowest BCUT2D eigenvalue weighted by Gasteiger charge is -2.41. The number of rotatable bonds is 13. The molecule has 0 bridgehead atoms. The van der Waals surface area contributed by atoms with Crippen molar-refractivity contribution in [2.45, 2.75) is 49.9 Å². The molecule has 4 N–H and O–H groups in total. The summed E-state index contributed by atoms with van der Waals surface area (Å²) in [6.07, 6.45) is -1.61. The number of aliphatic hydroxyl groups excluding tert-OH is 2. The van der Waals surface area contributed by atoms with E-state index in [-0.39, 0.29) is 51.5 Å². The van der Waals surface area contributed by atoms with Crippen molar-refractivity contribution in [3.05, 3.63) is 102 Å². The summed E-state index contributed by atoms with van der Waals surface area (Å²) in [4.78, 5) is 39.0. The van der Waals surface area contributed by atoms with Crippen molar-refractivity contribution in [1.82, 2.24) is 30.4 Å². The van der Waals surface area contributed by atoms with Crippen molar-refractivity contribution < 1.29 is 42.1 Å². The molecule has 15 heteroatoms. The van der Waals surface area contributed by atoms with Crippen LogP contribution in [0.1, 0.15) is 29.5 Å². The van der Waals surface area contributed by atoms with Crippen molar-refractivity contribution in [3.63, 3.8) is 0 Å². The maximum absolute atomic E-state index is 13.9. The van der Waals surface area contributed by atoms with Crippen LogP contribution in [-0.2, 0) is 22.6 Å². The van der Waals surface area contributed by atoms with Crippen LogP contribution in [-0.4, -0.2) is 106 Å². The summed E-state index contributed by atoms with van der Waals surface area (Å²) < 4.78 is 50.8. The number of benzene rings is 2. The summed E-state index contributed by atoms with van der Waals surface area (Å²) in [5.74, 6) is -0.485. The van der Waals surface area contributed by atoms with E-state index < -0.39 is 48.8 Å². The number of alkyl halides is 3. The molecule has 52 heavy (non-hydrogen) atoms. The number of fused-ring (bicyclic) bond motifs is 1. The Morgan fingerprint density at radius 2 is 1.77 bits per heavy atom. The second-order valence-electron chi connectivity index (χ2n) is 13.1. The second-order valence-corrected chi connectivity index (χ2v) is 13.1. The fourth-order valence-electron chi connectivity index (χ4n) is 6.67. The maximum atomic E-state index is 13.9. The summed E-state index contributed by atoms with van der Waals surface area (Å²) in [5.41, 5.74) is 2.28. The molecule has 2 aliphatic heterocycles. The monoisotopic (exact) mass is 722 g/mol. The van der Waals surface area contributed by atoms with Crippen molar-refractivity contribution in [1.29, 1.82) is 0 Å². The SMILES string of the molecule is O=C(N[C@H]1c2ccccc2OC[C@H]1O)[C@H](Cc1ccccc1)C[C@H](O)CN1CCN(Cc2ncc(-c3ccncc3)o2)C[C@H]1C(=O)NCC(F)(F)F. The Kier molecular flexibility index (Phi) is 11.8. The van der Waals surface area contributed by atoms with E-state index in [9.17, 15) is 33.0 Å². The maximum Gasteiger partial charge on any atom is 0.405 e. The molecule has 2 aromatic heterocycles. The number of oxazole rings is 1. The minimum atomic E-state index is -4.60. The highest BCUT2D eigenvalue weighted by Crippen LogP contribution is 2.32. The molecule has 2 aliphatic rings. The highest BCUT2D eigenvalue weighted by Gasteiger charge is 2.38. The number of aromatic nitrogens is 2. The number of para-hydroxylation sites is 1. The molecule has 4 aromatic rings. The summed E-state index contributed by atoms with van der Waals surface area (Å²) in [6, 6.07) is 18.2. The Balaban J connectivity index is 1.15. The molecular weight excluding hydrogens is 681 g/mol. The minimum absolute atomic E-state index is 0.000403. The van der Waals surface area contributed by atoms with Crippen LogP contribution in [0, 0.1) is 5.92 Å². The van der Waals surface area contributed by atoms with Crippen molar-refractivity contribution in [3.8, 4) is 17.1 Å². The van der Waals surface area contributed by atoms with E-state index in [1.165, 1.54) is 0 Å². The van der Waals surface area contributed by atoms with Gasteiger partial charge in [0.1, 0.15) is 31.0 Å². The number of amides is 2. The van der Waals surface area contributed by atoms with Crippen LogP contribution in [0.15, 0.2) is 89.7 Å². The van der Waals surface area contributed by atoms with Gasteiger partial charge in [-0.3, -0.25) is 24.4 Å². The van der Waals surface area contributed by atoms with Gasteiger partial charge in [-0.1, -0.05) is 48.5 Å². The van der Waals surface area contributed by atoms with E-state index >= 15 is 0 Å². The Morgan fingerprint density at radius 1 is 1.02 bits per heavy atom. The number of ether oxygens (including phenoxy) is 1. The predicted molar refractivity (Wildman–Crippen MR) is 183 cm³/mol. The van der Waals surface area contributed by atoms with Crippen molar-refractivity contribution in [2.75, 3.05) is 39.3 Å². The molecule has 0 saturated carbocycles. The topological polar surface area (TPSA) is 153 Å². The molecule has 0 aliphatic carbocycles. The molecule has 1 saturated heterocycles. The first kappa shape index (κ1) is 36.9. The van der Waals surface area contributed by atoms with E-state index in [0.717, 1.165) is 11.1 Å². The van der Waals surface area contributed by atoms with Crippen LogP contribution in [0.25, 0.3) is 11.3 Å². The number of hydrogen-bond donors (Lipinski definition) is 4. The molecule has 5 atom stereocenters. The lowest BCUT2D eigenvalue weighted by molar-refractivity contribution is -0.143. The number of nitrogens with zero attached hydrogens (tertiary/aromatic N) is 4. The number of carbonyl (C=O) groups is 2. The lowest BCUT2D eigenvalue weighted by atomic mass is 9.90. The summed E-state index contributed by atoms with van der Waals surface area (Å²) in [6.45, 7) is -0.626. The van der Waals surface area contributed by atoms with E-state index in [4.69, 9.17) is 9.15 Å². The molecular formula is C37H41F3N6O6. The smallest absolute Gasteiger partial charge is 0.405 e. The first-order valence-electron chi connectivity index (χ1n) is 17.1. The average molecular weight is 723 g/mol. The third-order valence-electron chi connectivity index (χ3n) is 9.26. The number of nitrogens with one attached hydrogen (secondary N) is 2. The van der Waals surface area contributed by atoms with E-state index in [2.05, 4.69) is 15.3 Å². The highest BCUT2D eigenvalue weighted by molar-refractivity contribution is 5.82. The van der Waals surface area contributed by atoms with Crippen LogP contribution in [0.4, 0.5) is 13.2 Å². The molecule has 12 nitrogen and oxygen atoms in total. The molecule has 2 amide bonds. The summed E-state index contributed by atoms with van der Waals surface area (Å²) >= 11 is 0. The standard InChI is InChI=1S/C37H41F3N6O6/c38-37(39,40)23-43-36(50)29-20-45(21-33-42-18-32(52-33)25-10-12-41-13-11-25)14-15-46(29)19-27(47)17-26(16-24-6-2-1-3-7-24)35(49)44-34-28-8-4-5-9-31(28)51-22-30(34)48/h1-13,18,26-27,29-30,34,47-48H,14-17,19-23H2,(H,43,50)(H,44,49)/t26-,27+,29+,30-,34+/m1/s1. The molecule has 2 aromatic carbocycles. The van der Waals surface area contributed by atoms with Crippen LogP contribution < -0.4 is 15.4 Å². The van der Waals surface area contributed by atoms with Gasteiger partial charge in [-0.15, -0.1) is 0 Å². The molecule has 6 rings (SSSR count). The second kappa shape index (κ2) is 16.7.